The summed E-state index contributed by atoms with van der Waals surface area (Å²) in [7, 11) is 0. The molecule has 2 aliphatic rings. The number of benzene rings is 4. The summed E-state index contributed by atoms with van der Waals surface area (Å²) in [5.74, 6) is 0.453. The number of ether oxygens (including phenoxy) is 2. The highest BCUT2D eigenvalue weighted by atomic mass is 16.5. The van der Waals surface area contributed by atoms with Gasteiger partial charge in [-0.05, 0) is 72.5 Å². The fourth-order valence-electron chi connectivity index (χ4n) is 5.81. The van der Waals surface area contributed by atoms with Gasteiger partial charge in [0.1, 0.15) is 11.5 Å². The monoisotopic (exact) mass is 602 g/mol. The Morgan fingerprint density at radius 2 is 0.800 bits per heavy atom. The SMILES string of the molecule is CC(C)(c1ccc(OCCCN2C(=O)c3ccccc3C2=O)cc1)c1ccc(OCCCN2C(=O)c3ccccc3C2=O)cc1. The molecule has 0 radical (unpaired) electrons. The lowest BCUT2D eigenvalue weighted by Gasteiger charge is -2.26. The van der Waals surface area contributed by atoms with E-state index < -0.39 is 0 Å². The molecule has 0 aliphatic carbocycles. The molecule has 2 aliphatic heterocycles. The molecule has 0 unspecified atom stereocenters. The van der Waals surface area contributed by atoms with Gasteiger partial charge < -0.3 is 9.47 Å². The quantitative estimate of drug-likeness (QED) is 0.143. The van der Waals surface area contributed by atoms with Crippen molar-refractivity contribution in [2.75, 3.05) is 26.3 Å². The topological polar surface area (TPSA) is 93.2 Å². The van der Waals surface area contributed by atoms with E-state index in [1.807, 2.05) is 48.5 Å². The van der Waals surface area contributed by atoms with Crippen LogP contribution in [0.4, 0.5) is 0 Å². The minimum atomic E-state index is -0.270. The average Bonchev–Trinajstić information content (AvgIpc) is 3.45. The summed E-state index contributed by atoms with van der Waals surface area (Å²) in [5.41, 5.74) is 3.81. The van der Waals surface area contributed by atoms with Crippen LogP contribution in [0.15, 0.2) is 97.1 Å². The zero-order valence-electron chi connectivity index (χ0n) is 25.3. The molecule has 4 aromatic carbocycles. The first-order valence-electron chi connectivity index (χ1n) is 15.1. The molecule has 2 heterocycles. The highest BCUT2D eigenvalue weighted by Gasteiger charge is 2.35. The molecule has 0 saturated heterocycles. The van der Waals surface area contributed by atoms with E-state index >= 15 is 0 Å². The van der Waals surface area contributed by atoms with Gasteiger partial charge in [-0.3, -0.25) is 29.0 Å². The van der Waals surface area contributed by atoms with Gasteiger partial charge >= 0.3 is 0 Å². The Hall–Kier alpha value is -5.24. The molecule has 0 saturated carbocycles. The molecule has 8 nitrogen and oxygen atoms in total. The van der Waals surface area contributed by atoms with Crippen LogP contribution < -0.4 is 9.47 Å². The van der Waals surface area contributed by atoms with E-state index in [-0.39, 0.29) is 29.0 Å². The number of fused-ring (bicyclic) bond motifs is 2. The highest BCUT2D eigenvalue weighted by molar-refractivity contribution is 6.22. The van der Waals surface area contributed by atoms with Gasteiger partial charge in [-0.2, -0.15) is 0 Å². The van der Waals surface area contributed by atoms with Crippen LogP contribution in [0.3, 0.4) is 0 Å². The van der Waals surface area contributed by atoms with Crippen LogP contribution in [0.25, 0.3) is 0 Å². The lowest BCUT2D eigenvalue weighted by Crippen LogP contribution is -2.31. The molecule has 228 valence electrons. The Kier molecular flexibility index (Phi) is 8.22. The summed E-state index contributed by atoms with van der Waals surface area (Å²) >= 11 is 0. The van der Waals surface area contributed by atoms with Crippen molar-refractivity contribution in [2.24, 2.45) is 0 Å². The van der Waals surface area contributed by atoms with Gasteiger partial charge in [0.2, 0.25) is 0 Å². The predicted octanol–water partition coefficient (Wildman–Crippen LogP) is 6.14. The standard InChI is InChI=1S/C37H34N2O6/c1-37(2,25-13-17-27(18-14-25)44-23-7-21-38-33(40)29-9-3-4-10-30(29)34(38)41)26-15-19-28(20-16-26)45-24-8-22-39-35(42)31-11-5-6-12-32(31)36(39)43/h3-6,9-20H,7-8,21-24H2,1-2H3. The van der Waals surface area contributed by atoms with Gasteiger partial charge in [-0.25, -0.2) is 0 Å². The molecule has 0 bridgehead atoms. The first kappa shape index (κ1) is 29.8. The third-order valence-electron chi connectivity index (χ3n) is 8.50. The van der Waals surface area contributed by atoms with Crippen molar-refractivity contribution in [3.05, 3.63) is 130 Å². The Labute approximate surface area is 262 Å². The first-order chi connectivity index (χ1) is 21.8. The Morgan fingerprint density at radius 3 is 1.11 bits per heavy atom. The molecule has 0 N–H and O–H groups in total. The summed E-state index contributed by atoms with van der Waals surface area (Å²) in [6.07, 6.45) is 1.08. The predicted molar refractivity (Wildman–Crippen MR) is 169 cm³/mol. The molecular formula is C37H34N2O6. The number of imide groups is 2. The number of amides is 4. The molecule has 0 spiro atoms. The lowest BCUT2D eigenvalue weighted by molar-refractivity contribution is 0.0630. The van der Waals surface area contributed by atoms with Crippen molar-refractivity contribution in [3.63, 3.8) is 0 Å². The molecule has 0 fully saturated rings. The molecule has 0 atom stereocenters. The normalized spacial score (nSPS) is 14.2. The van der Waals surface area contributed by atoms with Crippen LogP contribution in [-0.2, 0) is 5.41 Å². The van der Waals surface area contributed by atoms with Gasteiger partial charge in [-0.1, -0.05) is 62.4 Å². The van der Waals surface area contributed by atoms with Crippen molar-refractivity contribution in [3.8, 4) is 11.5 Å². The van der Waals surface area contributed by atoms with Gasteiger partial charge in [-0.15, -0.1) is 0 Å². The Balaban J connectivity index is 0.956. The number of carbonyl (C=O) groups excluding carboxylic acids is 4. The molecule has 45 heavy (non-hydrogen) atoms. The van der Waals surface area contributed by atoms with Crippen LogP contribution in [-0.4, -0.2) is 59.7 Å². The summed E-state index contributed by atoms with van der Waals surface area (Å²) < 4.78 is 11.8. The fourth-order valence-corrected chi connectivity index (χ4v) is 5.81. The average molecular weight is 603 g/mol. The van der Waals surface area contributed by atoms with E-state index in [4.69, 9.17) is 9.47 Å². The Bertz CT molecular complexity index is 1560. The van der Waals surface area contributed by atoms with Crippen molar-refractivity contribution in [1.29, 1.82) is 0 Å². The molecule has 6 rings (SSSR count). The van der Waals surface area contributed by atoms with E-state index in [0.717, 1.165) is 22.6 Å². The number of carbonyl (C=O) groups is 4. The maximum Gasteiger partial charge on any atom is 0.261 e. The first-order valence-corrected chi connectivity index (χ1v) is 15.1. The third kappa shape index (κ3) is 5.83. The summed E-state index contributed by atoms with van der Waals surface area (Å²) in [5, 5.41) is 0. The third-order valence-corrected chi connectivity index (χ3v) is 8.50. The fraction of sp³-hybridized carbons (Fsp3) is 0.243. The minimum absolute atomic E-state index is 0.249. The van der Waals surface area contributed by atoms with Crippen LogP contribution in [0, 0.1) is 0 Å². The van der Waals surface area contributed by atoms with E-state index in [2.05, 4.69) is 13.8 Å². The van der Waals surface area contributed by atoms with E-state index in [0.29, 0.717) is 61.4 Å². The van der Waals surface area contributed by atoms with Crippen LogP contribution in [0.2, 0.25) is 0 Å². The highest BCUT2D eigenvalue weighted by Crippen LogP contribution is 2.33. The van der Waals surface area contributed by atoms with Crippen LogP contribution in [0.1, 0.15) is 79.2 Å². The van der Waals surface area contributed by atoms with Crippen molar-refractivity contribution in [2.45, 2.75) is 32.1 Å². The Morgan fingerprint density at radius 1 is 0.489 bits per heavy atom. The van der Waals surface area contributed by atoms with E-state index in [1.54, 1.807) is 48.5 Å². The summed E-state index contributed by atoms with van der Waals surface area (Å²) in [6, 6.07) is 29.7. The number of nitrogens with zero attached hydrogens (tertiary/aromatic N) is 2. The summed E-state index contributed by atoms with van der Waals surface area (Å²) in [6.45, 7) is 5.70. The lowest BCUT2D eigenvalue weighted by atomic mass is 9.78. The van der Waals surface area contributed by atoms with Crippen molar-refractivity contribution in [1.82, 2.24) is 9.80 Å². The van der Waals surface area contributed by atoms with E-state index in [1.165, 1.54) is 9.80 Å². The zero-order chi connectivity index (χ0) is 31.6. The second-order valence-electron chi connectivity index (χ2n) is 11.7. The van der Waals surface area contributed by atoms with Crippen molar-refractivity contribution < 1.29 is 28.7 Å². The molecule has 0 aromatic heterocycles. The zero-order valence-corrected chi connectivity index (χ0v) is 25.3. The van der Waals surface area contributed by atoms with Crippen molar-refractivity contribution >= 4 is 23.6 Å². The largest absolute Gasteiger partial charge is 0.494 e. The second-order valence-corrected chi connectivity index (χ2v) is 11.7. The molecule has 8 heteroatoms. The number of hydrogen-bond acceptors (Lipinski definition) is 6. The molecule has 4 amide bonds. The summed E-state index contributed by atoms with van der Waals surface area (Å²) in [4.78, 5) is 52.7. The second kappa shape index (κ2) is 12.4. The van der Waals surface area contributed by atoms with Gasteiger partial charge in [0, 0.05) is 18.5 Å². The van der Waals surface area contributed by atoms with Crippen LogP contribution in [0.5, 0.6) is 11.5 Å². The molecular weight excluding hydrogens is 568 g/mol. The van der Waals surface area contributed by atoms with E-state index in [9.17, 15) is 19.2 Å². The molecule has 4 aromatic rings. The number of hydrogen-bond donors (Lipinski definition) is 0. The van der Waals surface area contributed by atoms with Crippen LogP contribution >= 0.6 is 0 Å². The van der Waals surface area contributed by atoms with Gasteiger partial charge in [0.25, 0.3) is 23.6 Å². The number of rotatable bonds is 12. The maximum absolute atomic E-state index is 12.5. The minimum Gasteiger partial charge on any atom is -0.494 e. The van der Waals surface area contributed by atoms with Gasteiger partial charge in [0.05, 0.1) is 35.5 Å². The smallest absolute Gasteiger partial charge is 0.261 e. The van der Waals surface area contributed by atoms with Gasteiger partial charge in [0.15, 0.2) is 0 Å². The maximum atomic E-state index is 12.5.